The lowest BCUT2D eigenvalue weighted by Gasteiger charge is -2.23. The summed E-state index contributed by atoms with van der Waals surface area (Å²) in [6.45, 7) is 1.90. The molecule has 1 N–H and O–H groups in total. The van der Waals surface area contributed by atoms with Gasteiger partial charge >= 0.3 is 0 Å². The molecule has 1 atom stereocenters. The lowest BCUT2D eigenvalue weighted by Crippen LogP contribution is -2.29. The van der Waals surface area contributed by atoms with Gasteiger partial charge in [0.15, 0.2) is 0 Å². The molecule has 1 aromatic heterocycles. The quantitative estimate of drug-likeness (QED) is 0.783. The summed E-state index contributed by atoms with van der Waals surface area (Å²) in [4.78, 5) is 3.71. The number of hydrogen-bond acceptors (Lipinski definition) is 2. The summed E-state index contributed by atoms with van der Waals surface area (Å²) < 4.78 is 14.2. The first-order valence-corrected chi connectivity index (χ1v) is 5.58. The number of piperidine rings is 1. The topological polar surface area (TPSA) is 24.9 Å². The second kappa shape index (κ2) is 4.36. The molecule has 2 nitrogen and oxygen atoms in total. The number of pyridine rings is 1. The summed E-state index contributed by atoms with van der Waals surface area (Å²) in [6.07, 6.45) is 3.65. The first-order valence-electron chi connectivity index (χ1n) is 4.79. The van der Waals surface area contributed by atoms with Gasteiger partial charge in [-0.25, -0.2) is 4.98 Å². The Balaban J connectivity index is 2.24. The largest absolute Gasteiger partial charge is 0.316 e. The average Bonchev–Trinajstić information content (AvgIpc) is 2.23. The van der Waals surface area contributed by atoms with Crippen molar-refractivity contribution in [3.05, 3.63) is 28.2 Å². The van der Waals surface area contributed by atoms with Gasteiger partial charge in [0.05, 0.1) is 0 Å². The summed E-state index contributed by atoms with van der Waals surface area (Å²) in [5.41, 5.74) is 0.728. The predicted molar refractivity (Wildman–Crippen MR) is 56.7 cm³/mol. The van der Waals surface area contributed by atoms with Crippen molar-refractivity contribution in [2.45, 2.75) is 18.8 Å². The molecule has 0 amide bonds. The molecule has 2 rings (SSSR count). The van der Waals surface area contributed by atoms with Gasteiger partial charge in [-0.15, -0.1) is 0 Å². The van der Waals surface area contributed by atoms with E-state index in [-0.39, 0.29) is 11.9 Å². The van der Waals surface area contributed by atoms with Crippen LogP contribution in [-0.4, -0.2) is 18.1 Å². The second-order valence-electron chi connectivity index (χ2n) is 3.58. The van der Waals surface area contributed by atoms with Crippen molar-refractivity contribution in [1.29, 1.82) is 0 Å². The predicted octanol–water partition coefficient (Wildman–Crippen LogP) is 2.45. The molecule has 1 fully saturated rings. The van der Waals surface area contributed by atoms with Crippen LogP contribution in [-0.2, 0) is 0 Å². The average molecular weight is 259 g/mol. The van der Waals surface area contributed by atoms with Crippen molar-refractivity contribution in [1.82, 2.24) is 10.3 Å². The highest BCUT2D eigenvalue weighted by Gasteiger charge is 2.19. The smallest absolute Gasteiger partial charge is 0.216 e. The van der Waals surface area contributed by atoms with E-state index in [1.807, 2.05) is 6.07 Å². The highest BCUT2D eigenvalue weighted by Crippen LogP contribution is 2.26. The van der Waals surface area contributed by atoms with Crippen molar-refractivity contribution in [3.63, 3.8) is 0 Å². The third-order valence-electron chi connectivity index (χ3n) is 2.57. The van der Waals surface area contributed by atoms with Crippen molar-refractivity contribution >= 4 is 15.9 Å². The zero-order valence-electron chi connectivity index (χ0n) is 7.76. The van der Waals surface area contributed by atoms with Gasteiger partial charge in [0.25, 0.3) is 0 Å². The van der Waals surface area contributed by atoms with E-state index in [1.54, 1.807) is 0 Å². The molecule has 1 aromatic rings. The number of nitrogens with one attached hydrogen (secondary N) is 1. The summed E-state index contributed by atoms with van der Waals surface area (Å²) in [5.74, 6) is -0.0596. The Kier molecular flexibility index (Phi) is 3.13. The Labute approximate surface area is 91.1 Å². The molecule has 0 radical (unpaired) electrons. The van der Waals surface area contributed by atoms with E-state index in [9.17, 15) is 4.39 Å². The van der Waals surface area contributed by atoms with Crippen molar-refractivity contribution in [2.24, 2.45) is 0 Å². The standard InChI is InChI=1S/C10H12BrFN2/c11-8-4-9(10(12)14-6-8)7-2-1-3-13-5-7/h4,6-7,13H,1-3,5H2. The van der Waals surface area contributed by atoms with E-state index in [1.165, 1.54) is 6.20 Å². The minimum atomic E-state index is -0.332. The highest BCUT2D eigenvalue weighted by molar-refractivity contribution is 9.10. The van der Waals surface area contributed by atoms with Crippen LogP contribution in [0, 0.1) is 5.95 Å². The fourth-order valence-electron chi connectivity index (χ4n) is 1.84. The Bertz CT molecular complexity index is 324. The summed E-state index contributed by atoms with van der Waals surface area (Å²) in [7, 11) is 0. The maximum absolute atomic E-state index is 13.4. The van der Waals surface area contributed by atoms with Crippen LogP contribution in [0.5, 0.6) is 0 Å². The lowest BCUT2D eigenvalue weighted by atomic mass is 9.93. The molecule has 2 heterocycles. The summed E-state index contributed by atoms with van der Waals surface area (Å²) >= 11 is 3.31. The van der Waals surface area contributed by atoms with Crippen molar-refractivity contribution < 1.29 is 4.39 Å². The fraction of sp³-hybridized carbons (Fsp3) is 0.500. The SMILES string of the molecule is Fc1ncc(Br)cc1C1CCCNC1. The molecular formula is C10H12BrFN2. The van der Waals surface area contributed by atoms with Gasteiger partial charge in [-0.1, -0.05) is 0 Å². The van der Waals surface area contributed by atoms with Crippen molar-refractivity contribution in [2.75, 3.05) is 13.1 Å². The Morgan fingerprint density at radius 2 is 2.43 bits per heavy atom. The molecule has 0 saturated carbocycles. The molecule has 14 heavy (non-hydrogen) atoms. The Morgan fingerprint density at radius 3 is 3.14 bits per heavy atom. The molecular weight excluding hydrogens is 247 g/mol. The molecule has 0 aliphatic carbocycles. The molecule has 1 aliphatic heterocycles. The highest BCUT2D eigenvalue weighted by atomic mass is 79.9. The normalized spacial score (nSPS) is 22.3. The van der Waals surface area contributed by atoms with Crippen LogP contribution >= 0.6 is 15.9 Å². The van der Waals surface area contributed by atoms with Gasteiger partial charge in [-0.2, -0.15) is 4.39 Å². The molecule has 0 bridgehead atoms. The van der Waals surface area contributed by atoms with Crippen LogP contribution < -0.4 is 5.32 Å². The van der Waals surface area contributed by atoms with Gasteiger partial charge in [-0.3, -0.25) is 0 Å². The number of rotatable bonds is 1. The second-order valence-corrected chi connectivity index (χ2v) is 4.49. The Morgan fingerprint density at radius 1 is 1.57 bits per heavy atom. The van der Waals surface area contributed by atoms with Crippen LogP contribution in [0.4, 0.5) is 4.39 Å². The van der Waals surface area contributed by atoms with Gasteiger partial charge in [-0.05, 0) is 41.4 Å². The van der Waals surface area contributed by atoms with Crippen LogP contribution in [0.1, 0.15) is 24.3 Å². The molecule has 4 heteroatoms. The van der Waals surface area contributed by atoms with E-state index in [2.05, 4.69) is 26.2 Å². The van der Waals surface area contributed by atoms with Crippen LogP contribution in [0.15, 0.2) is 16.7 Å². The molecule has 0 aromatic carbocycles. The van der Waals surface area contributed by atoms with Gasteiger partial charge in [0, 0.05) is 28.7 Å². The third-order valence-corrected chi connectivity index (χ3v) is 3.00. The van der Waals surface area contributed by atoms with Crippen LogP contribution in [0.2, 0.25) is 0 Å². The zero-order chi connectivity index (χ0) is 9.97. The maximum Gasteiger partial charge on any atom is 0.216 e. The van der Waals surface area contributed by atoms with E-state index >= 15 is 0 Å². The summed E-state index contributed by atoms with van der Waals surface area (Å²) in [6, 6.07) is 1.83. The Hall–Kier alpha value is -0.480. The molecule has 1 aliphatic rings. The van der Waals surface area contributed by atoms with Gasteiger partial charge < -0.3 is 5.32 Å². The lowest BCUT2D eigenvalue weighted by molar-refractivity contribution is 0.439. The van der Waals surface area contributed by atoms with E-state index < -0.39 is 0 Å². The minimum absolute atomic E-state index is 0.272. The van der Waals surface area contributed by atoms with E-state index in [4.69, 9.17) is 0 Å². The zero-order valence-corrected chi connectivity index (χ0v) is 9.35. The van der Waals surface area contributed by atoms with E-state index in [0.717, 1.165) is 36.0 Å². The number of halogens is 2. The molecule has 0 spiro atoms. The number of hydrogen-bond donors (Lipinski definition) is 1. The van der Waals surface area contributed by atoms with E-state index in [0.29, 0.717) is 0 Å². The number of aromatic nitrogens is 1. The van der Waals surface area contributed by atoms with Gasteiger partial charge in [0.2, 0.25) is 5.95 Å². The molecule has 1 saturated heterocycles. The molecule has 1 unspecified atom stereocenters. The maximum atomic E-state index is 13.4. The van der Waals surface area contributed by atoms with Crippen LogP contribution in [0.3, 0.4) is 0 Å². The molecule has 76 valence electrons. The van der Waals surface area contributed by atoms with Gasteiger partial charge in [0.1, 0.15) is 0 Å². The monoisotopic (exact) mass is 258 g/mol. The minimum Gasteiger partial charge on any atom is -0.316 e. The fourth-order valence-corrected chi connectivity index (χ4v) is 2.19. The van der Waals surface area contributed by atoms with Crippen LogP contribution in [0.25, 0.3) is 0 Å². The first-order chi connectivity index (χ1) is 6.77. The first kappa shape index (κ1) is 10.1. The third kappa shape index (κ3) is 2.12. The summed E-state index contributed by atoms with van der Waals surface area (Å²) in [5, 5.41) is 3.27. The van der Waals surface area contributed by atoms with Crippen molar-refractivity contribution in [3.8, 4) is 0 Å². The number of nitrogens with zero attached hydrogens (tertiary/aromatic N) is 1.